The highest BCUT2D eigenvalue weighted by molar-refractivity contribution is 5.90. The lowest BCUT2D eigenvalue weighted by Crippen LogP contribution is -2.55. The molecule has 1 saturated heterocycles. The maximum Gasteiger partial charge on any atom is 0.326 e. The Hall–Kier alpha value is -4.20. The molecular formula is C50H79N5O8. The van der Waals surface area contributed by atoms with Gasteiger partial charge in [0.05, 0.1) is 42.7 Å². The monoisotopic (exact) mass is 878 g/mol. The summed E-state index contributed by atoms with van der Waals surface area (Å²) in [5, 5.41) is 12.6. The number of likely N-dealkylation sites (N-methyl/N-ethyl adjacent to an activating group) is 2. The highest BCUT2D eigenvalue weighted by Crippen LogP contribution is 2.31. The molecule has 0 saturated carbocycles. The molecule has 0 aliphatic carbocycles. The van der Waals surface area contributed by atoms with Crippen LogP contribution in [-0.4, -0.2) is 125 Å². The van der Waals surface area contributed by atoms with E-state index in [1.807, 2.05) is 84.3 Å². The Labute approximate surface area is 378 Å². The number of likely N-dealkylation sites (tertiary alicyclic amines) is 1. The van der Waals surface area contributed by atoms with E-state index in [1.165, 1.54) is 7.11 Å². The number of hydrogen-bond acceptors (Lipinski definition) is 9. The smallest absolute Gasteiger partial charge is 0.326 e. The molecule has 1 aromatic carbocycles. The van der Waals surface area contributed by atoms with E-state index in [9.17, 15) is 29.1 Å². The maximum atomic E-state index is 14.7. The number of methoxy groups -OCH3 is 2. The van der Waals surface area contributed by atoms with Gasteiger partial charge < -0.3 is 29.7 Å². The molecule has 352 valence electrons. The van der Waals surface area contributed by atoms with Gasteiger partial charge in [-0.25, -0.2) is 4.79 Å². The van der Waals surface area contributed by atoms with Gasteiger partial charge >= 0.3 is 5.97 Å². The maximum absolute atomic E-state index is 14.7. The molecular weight excluding hydrogens is 799 g/mol. The molecule has 0 unspecified atom stereocenters. The van der Waals surface area contributed by atoms with Crippen LogP contribution in [0.25, 0.3) is 0 Å². The van der Waals surface area contributed by atoms with Crippen LogP contribution >= 0.6 is 0 Å². The fraction of sp³-hybridized carbons (Fsp3) is 0.680. The second-order valence-corrected chi connectivity index (χ2v) is 19.1. The molecule has 63 heavy (non-hydrogen) atoms. The molecule has 1 aromatic heterocycles. The number of nitrogens with one attached hydrogen (secondary N) is 1. The number of carbonyl (C=O) groups excluding carboxylic acids is 4. The average molecular weight is 878 g/mol. The van der Waals surface area contributed by atoms with Crippen LogP contribution in [0.5, 0.6) is 0 Å². The number of aliphatic carboxylic acids is 1. The van der Waals surface area contributed by atoms with E-state index in [0.29, 0.717) is 31.8 Å². The van der Waals surface area contributed by atoms with Gasteiger partial charge in [-0.15, -0.1) is 0 Å². The molecule has 3 amide bonds. The molecule has 1 aliphatic rings. The number of pyridine rings is 1. The van der Waals surface area contributed by atoms with Crippen LogP contribution in [0.2, 0.25) is 0 Å². The Morgan fingerprint density at radius 1 is 0.889 bits per heavy atom. The topological polar surface area (TPSA) is 159 Å². The first-order valence-electron chi connectivity index (χ1n) is 23.1. The zero-order valence-electron chi connectivity index (χ0n) is 40.5. The number of carboxylic acids is 1. The quantitative estimate of drug-likeness (QED) is 0.104. The van der Waals surface area contributed by atoms with Crippen LogP contribution in [0, 0.1) is 35.5 Å². The van der Waals surface area contributed by atoms with E-state index in [0.717, 1.165) is 29.7 Å². The Balaban J connectivity index is 1.78. The van der Waals surface area contributed by atoms with E-state index in [-0.39, 0.29) is 54.6 Å². The van der Waals surface area contributed by atoms with Gasteiger partial charge in [0.15, 0.2) is 5.78 Å². The Kier molecular flexibility index (Phi) is 21.4. The van der Waals surface area contributed by atoms with Crippen molar-refractivity contribution >= 4 is 29.5 Å². The zero-order valence-corrected chi connectivity index (χ0v) is 40.5. The zero-order chi connectivity index (χ0) is 47.1. The Morgan fingerprint density at radius 3 is 2.11 bits per heavy atom. The number of Topliss-reactive ketones (excluding diaryl/α,β-unsaturated/α-hetero) is 1. The van der Waals surface area contributed by atoms with Crippen molar-refractivity contribution in [2.24, 2.45) is 35.5 Å². The minimum absolute atomic E-state index is 0.00577. The minimum atomic E-state index is -1.14. The number of carbonyl (C=O) groups is 5. The molecule has 9 atom stereocenters. The molecule has 2 heterocycles. The molecule has 0 radical (unpaired) electrons. The fourth-order valence-electron chi connectivity index (χ4n) is 9.54. The summed E-state index contributed by atoms with van der Waals surface area (Å²) in [6.07, 6.45) is 3.62. The number of aromatic nitrogens is 1. The summed E-state index contributed by atoms with van der Waals surface area (Å²) in [5.41, 5.74) is 2.91. The number of nitrogens with zero attached hydrogens (tertiary/aromatic N) is 4. The predicted molar refractivity (Wildman–Crippen MR) is 247 cm³/mol. The second kappa shape index (κ2) is 25.3. The molecule has 2 N–H and O–H groups in total. The molecule has 1 aliphatic heterocycles. The molecule has 13 nitrogen and oxygen atoms in total. The third-order valence-electron chi connectivity index (χ3n) is 13.1. The molecule has 3 rings (SSSR count). The lowest BCUT2D eigenvalue weighted by molar-refractivity contribution is -0.149. The summed E-state index contributed by atoms with van der Waals surface area (Å²) in [5.74, 6) is -2.92. The summed E-state index contributed by atoms with van der Waals surface area (Å²) in [7, 11) is 6.81. The van der Waals surface area contributed by atoms with Crippen molar-refractivity contribution in [3.63, 3.8) is 0 Å². The lowest BCUT2D eigenvalue weighted by Gasteiger charge is -2.41. The lowest BCUT2D eigenvalue weighted by atomic mass is 9.83. The van der Waals surface area contributed by atoms with Crippen molar-refractivity contribution in [1.29, 1.82) is 0 Å². The number of rotatable bonds is 26. The van der Waals surface area contributed by atoms with Crippen molar-refractivity contribution in [2.45, 2.75) is 150 Å². The molecule has 13 heteroatoms. The molecule has 2 aromatic rings. The average Bonchev–Trinajstić information content (AvgIpc) is 3.71. The summed E-state index contributed by atoms with van der Waals surface area (Å²) in [4.78, 5) is 79.2. The fourth-order valence-corrected chi connectivity index (χ4v) is 9.54. The van der Waals surface area contributed by atoms with E-state index in [4.69, 9.17) is 9.47 Å². The van der Waals surface area contributed by atoms with Crippen molar-refractivity contribution in [1.82, 2.24) is 25.0 Å². The first kappa shape index (κ1) is 53.1. The summed E-state index contributed by atoms with van der Waals surface area (Å²) >= 11 is 0. The SMILES string of the molecule is CC[C@H](C)[C@@H]([C@@H](CC(=O)N1CCC[C@H]1[C@H](OC)[C@@H](C)C(=O)N[C@@H](Cc1ccccc1)C(=O)O)OC)N(C)C(=O)[C@@H](CC(=O)[C@H](C(C)C)N(C)Cc1ccnc(CC(C)C)c1)C(C)C. The van der Waals surface area contributed by atoms with Gasteiger partial charge in [-0.2, -0.15) is 0 Å². The number of carboxylic acid groups (broad SMARTS) is 1. The Bertz CT molecular complexity index is 1770. The van der Waals surface area contributed by atoms with E-state index < -0.39 is 60.1 Å². The van der Waals surface area contributed by atoms with Crippen LogP contribution in [0.4, 0.5) is 0 Å². The number of amides is 3. The van der Waals surface area contributed by atoms with Gasteiger partial charge in [0.1, 0.15) is 6.04 Å². The standard InChI is InChI=1S/C50H79N5O8/c1-14-34(8)46(54(11)49(59)39(32(4)5)28-42(56)45(33(6)7)53(10)30-37-22-23-51-38(26-37)25-31(2)3)43(62-12)29-44(57)55-24-18-21-41(55)47(63-13)35(9)48(58)52-40(50(60)61)27-36-19-16-15-17-20-36/h15-17,19-20,22-23,26,31-35,39-41,43,45-47H,14,18,21,24-25,27-30H2,1-13H3,(H,52,58)(H,60,61)/t34-,35+,39-,40-,41-,43+,45-,46-,47+/m0/s1. The number of hydrogen-bond donors (Lipinski definition) is 2. The third-order valence-corrected chi connectivity index (χ3v) is 13.1. The van der Waals surface area contributed by atoms with Gasteiger partial charge in [-0.1, -0.05) is 99.1 Å². The highest BCUT2D eigenvalue weighted by atomic mass is 16.5. The summed E-state index contributed by atoms with van der Waals surface area (Å²) in [6.45, 7) is 19.2. The van der Waals surface area contributed by atoms with E-state index in [2.05, 4.69) is 42.0 Å². The van der Waals surface area contributed by atoms with Crippen LogP contribution in [0.3, 0.4) is 0 Å². The van der Waals surface area contributed by atoms with Gasteiger partial charge in [-0.05, 0) is 73.2 Å². The minimum Gasteiger partial charge on any atom is -0.480 e. The largest absolute Gasteiger partial charge is 0.480 e. The van der Waals surface area contributed by atoms with Crippen molar-refractivity contribution in [3.05, 3.63) is 65.5 Å². The van der Waals surface area contributed by atoms with Crippen molar-refractivity contribution < 1.29 is 38.6 Å². The Morgan fingerprint density at radius 2 is 1.56 bits per heavy atom. The van der Waals surface area contributed by atoms with Gasteiger partial charge in [0.2, 0.25) is 17.7 Å². The van der Waals surface area contributed by atoms with Crippen LogP contribution < -0.4 is 5.32 Å². The van der Waals surface area contributed by atoms with Crippen molar-refractivity contribution in [3.8, 4) is 0 Å². The van der Waals surface area contributed by atoms with Gasteiger partial charge in [0, 0.05) is 65.0 Å². The first-order chi connectivity index (χ1) is 29.7. The summed E-state index contributed by atoms with van der Waals surface area (Å²) in [6, 6.07) is 10.8. The van der Waals surface area contributed by atoms with E-state index in [1.54, 1.807) is 30.9 Å². The third kappa shape index (κ3) is 14.9. The second-order valence-electron chi connectivity index (χ2n) is 19.1. The van der Waals surface area contributed by atoms with Gasteiger partial charge in [-0.3, -0.25) is 29.1 Å². The van der Waals surface area contributed by atoms with Gasteiger partial charge in [0.25, 0.3) is 0 Å². The number of ether oxygens (including phenoxy) is 2. The normalized spacial score (nSPS) is 18.2. The van der Waals surface area contributed by atoms with Crippen LogP contribution in [-0.2, 0) is 52.8 Å². The molecule has 1 fully saturated rings. The van der Waals surface area contributed by atoms with Crippen LogP contribution in [0.15, 0.2) is 48.7 Å². The molecule has 0 spiro atoms. The summed E-state index contributed by atoms with van der Waals surface area (Å²) < 4.78 is 12.0. The predicted octanol–water partition coefficient (Wildman–Crippen LogP) is 6.70. The van der Waals surface area contributed by atoms with Crippen molar-refractivity contribution in [2.75, 3.05) is 34.9 Å². The number of ketones is 1. The van der Waals surface area contributed by atoms with Crippen LogP contribution in [0.1, 0.15) is 111 Å². The van der Waals surface area contributed by atoms with E-state index >= 15 is 0 Å². The molecule has 0 bridgehead atoms. The first-order valence-corrected chi connectivity index (χ1v) is 23.1. The highest BCUT2D eigenvalue weighted by Gasteiger charge is 2.43. The number of benzene rings is 1.